The topological polar surface area (TPSA) is 141 Å². The molecule has 3 N–H and O–H groups in total. The number of carbonyl (C=O) groups is 1. The number of halogens is 1. The van der Waals surface area contributed by atoms with Gasteiger partial charge in [0.25, 0.3) is 11.5 Å². The van der Waals surface area contributed by atoms with Crippen LogP contribution in [0.2, 0.25) is 0 Å². The van der Waals surface area contributed by atoms with Crippen molar-refractivity contribution in [3.05, 3.63) is 98.2 Å². The Labute approximate surface area is 238 Å². The molecule has 0 unspecified atom stereocenters. The second-order valence-corrected chi connectivity index (χ2v) is 9.30. The first kappa shape index (κ1) is 28.1. The summed E-state index contributed by atoms with van der Waals surface area (Å²) in [6, 6.07) is 21.7. The van der Waals surface area contributed by atoms with E-state index in [4.69, 9.17) is 9.47 Å². The largest absolute Gasteiger partial charge is 0.490 e. The van der Waals surface area contributed by atoms with E-state index in [1.807, 2.05) is 50.2 Å². The van der Waals surface area contributed by atoms with Gasteiger partial charge in [0.1, 0.15) is 11.6 Å². The molecule has 0 aliphatic heterocycles. The Bertz CT molecular complexity index is 1630. The summed E-state index contributed by atoms with van der Waals surface area (Å²) in [7, 11) is 0. The average Bonchev–Trinajstić information content (AvgIpc) is 2.95. The maximum atomic E-state index is 12.5. The van der Waals surface area contributed by atoms with E-state index in [9.17, 15) is 14.9 Å². The molecule has 3 aromatic carbocycles. The lowest BCUT2D eigenvalue weighted by atomic mass is 10.1. The molecule has 0 fully saturated rings. The van der Waals surface area contributed by atoms with Gasteiger partial charge in [-0.2, -0.15) is 10.4 Å². The molecule has 1 aromatic heterocycles. The highest BCUT2D eigenvalue weighted by Crippen LogP contribution is 2.33. The number of rotatable bonds is 10. The maximum absolute atomic E-state index is 12.5. The molecule has 4 rings (SSSR count). The van der Waals surface area contributed by atoms with Crippen molar-refractivity contribution in [1.82, 2.24) is 9.97 Å². The van der Waals surface area contributed by atoms with Gasteiger partial charge in [-0.1, -0.05) is 48.0 Å². The van der Waals surface area contributed by atoms with Crippen LogP contribution in [-0.4, -0.2) is 35.3 Å². The molecule has 202 valence electrons. The predicted molar refractivity (Wildman–Crippen MR) is 157 cm³/mol. The zero-order valence-electron chi connectivity index (χ0n) is 21.7. The SMILES string of the molecule is CCOc1cc(C=NNc2nc(-c3ccccc3)c(C#N)c(=O)[nH]2)c(Br)cc1OCC(=O)Nc1ccc(C)cc1. The maximum Gasteiger partial charge on any atom is 0.270 e. The molecular formula is C29H25BrN6O4. The number of aromatic amines is 1. The van der Waals surface area contributed by atoms with E-state index in [-0.39, 0.29) is 29.7 Å². The highest BCUT2D eigenvalue weighted by atomic mass is 79.9. The number of ether oxygens (including phenoxy) is 2. The van der Waals surface area contributed by atoms with E-state index >= 15 is 0 Å². The Morgan fingerprint density at radius 3 is 2.55 bits per heavy atom. The van der Waals surface area contributed by atoms with Crippen molar-refractivity contribution in [2.75, 3.05) is 24.0 Å². The van der Waals surface area contributed by atoms with Crippen molar-refractivity contribution < 1.29 is 14.3 Å². The second kappa shape index (κ2) is 13.2. The Kier molecular flexibility index (Phi) is 9.27. The number of hydrogen-bond acceptors (Lipinski definition) is 8. The molecule has 0 spiro atoms. The molecular weight excluding hydrogens is 576 g/mol. The lowest BCUT2D eigenvalue weighted by Gasteiger charge is -2.14. The molecule has 11 heteroatoms. The van der Waals surface area contributed by atoms with Crippen molar-refractivity contribution in [3.63, 3.8) is 0 Å². The van der Waals surface area contributed by atoms with Gasteiger partial charge in [0.2, 0.25) is 5.95 Å². The van der Waals surface area contributed by atoms with Crippen LogP contribution in [0.5, 0.6) is 11.5 Å². The first-order chi connectivity index (χ1) is 19.4. The minimum Gasteiger partial charge on any atom is -0.490 e. The summed E-state index contributed by atoms with van der Waals surface area (Å²) < 4.78 is 12.1. The summed E-state index contributed by atoms with van der Waals surface area (Å²) in [6.07, 6.45) is 1.50. The molecule has 0 saturated heterocycles. The number of H-pyrrole nitrogens is 1. The minimum absolute atomic E-state index is 0.0693. The number of aryl methyl sites for hydroxylation is 1. The second-order valence-electron chi connectivity index (χ2n) is 8.44. The third-order valence-corrected chi connectivity index (χ3v) is 6.20. The van der Waals surface area contributed by atoms with Crippen LogP contribution in [0.15, 0.2) is 81.1 Å². The summed E-state index contributed by atoms with van der Waals surface area (Å²) in [4.78, 5) is 31.7. The normalized spacial score (nSPS) is 10.7. The van der Waals surface area contributed by atoms with E-state index in [2.05, 4.69) is 41.7 Å². The highest BCUT2D eigenvalue weighted by Gasteiger charge is 2.14. The fraction of sp³-hybridized carbons (Fsp3) is 0.138. The summed E-state index contributed by atoms with van der Waals surface area (Å²) in [5.41, 5.74) is 5.31. The Morgan fingerprint density at radius 2 is 1.85 bits per heavy atom. The van der Waals surface area contributed by atoms with Crippen LogP contribution in [0.4, 0.5) is 11.6 Å². The lowest BCUT2D eigenvalue weighted by molar-refractivity contribution is -0.118. The van der Waals surface area contributed by atoms with Crippen LogP contribution in [0.1, 0.15) is 23.6 Å². The standard InChI is InChI=1S/C29H25BrN6O4/c1-3-39-24-13-20(23(30)14-25(24)40-17-26(37)33-21-11-9-18(2)10-12-21)16-32-36-29-34-27(19-7-5-4-6-8-19)22(15-31)28(38)35-29/h4-14,16H,3,17H2,1-2H3,(H,33,37)(H2,34,35,36,38). The van der Waals surface area contributed by atoms with Gasteiger partial charge in [0.05, 0.1) is 18.5 Å². The zero-order chi connectivity index (χ0) is 28.5. The van der Waals surface area contributed by atoms with Gasteiger partial charge < -0.3 is 14.8 Å². The van der Waals surface area contributed by atoms with Crippen LogP contribution in [-0.2, 0) is 4.79 Å². The number of nitriles is 1. The summed E-state index contributed by atoms with van der Waals surface area (Å²) in [5, 5.41) is 16.4. The van der Waals surface area contributed by atoms with E-state index in [1.54, 1.807) is 36.4 Å². The lowest BCUT2D eigenvalue weighted by Crippen LogP contribution is -2.20. The van der Waals surface area contributed by atoms with Gasteiger partial charge in [0, 0.05) is 21.3 Å². The predicted octanol–water partition coefficient (Wildman–Crippen LogP) is 5.24. The fourth-order valence-corrected chi connectivity index (χ4v) is 4.03. The molecule has 1 heterocycles. The summed E-state index contributed by atoms with van der Waals surface area (Å²) in [5.74, 6) is 0.561. The third kappa shape index (κ3) is 7.12. The van der Waals surface area contributed by atoms with Crippen molar-refractivity contribution >= 4 is 39.7 Å². The van der Waals surface area contributed by atoms with Crippen LogP contribution in [0, 0.1) is 18.3 Å². The number of benzene rings is 3. The molecule has 0 radical (unpaired) electrons. The van der Waals surface area contributed by atoms with Crippen LogP contribution in [0.25, 0.3) is 11.3 Å². The van der Waals surface area contributed by atoms with E-state index in [0.717, 1.165) is 5.56 Å². The Balaban J connectivity index is 1.48. The molecule has 40 heavy (non-hydrogen) atoms. The van der Waals surface area contributed by atoms with Crippen LogP contribution < -0.4 is 25.8 Å². The van der Waals surface area contributed by atoms with Gasteiger partial charge >= 0.3 is 0 Å². The van der Waals surface area contributed by atoms with Crippen LogP contribution in [0.3, 0.4) is 0 Å². The number of nitrogens with zero attached hydrogens (tertiary/aromatic N) is 3. The third-order valence-electron chi connectivity index (χ3n) is 5.51. The minimum atomic E-state index is -0.582. The number of hydrazone groups is 1. The molecule has 1 amide bonds. The quantitative estimate of drug-likeness (QED) is 0.167. The van der Waals surface area contributed by atoms with Gasteiger partial charge in [-0.05, 0) is 54.0 Å². The summed E-state index contributed by atoms with van der Waals surface area (Å²) >= 11 is 3.49. The average molecular weight is 601 g/mol. The highest BCUT2D eigenvalue weighted by molar-refractivity contribution is 9.10. The van der Waals surface area contributed by atoms with Crippen molar-refractivity contribution in [1.29, 1.82) is 5.26 Å². The number of carbonyl (C=O) groups excluding carboxylic acids is 1. The molecule has 10 nitrogen and oxygen atoms in total. The van der Waals surface area contributed by atoms with Gasteiger partial charge in [0.15, 0.2) is 18.1 Å². The molecule has 0 aliphatic rings. The Morgan fingerprint density at radius 1 is 1.12 bits per heavy atom. The van der Waals surface area contributed by atoms with Crippen molar-refractivity contribution in [2.24, 2.45) is 5.10 Å². The number of aromatic nitrogens is 2. The van der Waals surface area contributed by atoms with Crippen molar-refractivity contribution in [3.8, 4) is 28.8 Å². The number of amides is 1. The molecule has 0 bridgehead atoms. The number of nitrogens with one attached hydrogen (secondary N) is 3. The monoisotopic (exact) mass is 600 g/mol. The van der Waals surface area contributed by atoms with Crippen molar-refractivity contribution in [2.45, 2.75) is 13.8 Å². The number of anilines is 2. The molecule has 0 atom stereocenters. The molecule has 0 aliphatic carbocycles. The molecule has 4 aromatic rings. The van der Waals surface area contributed by atoms with Crippen LogP contribution >= 0.6 is 15.9 Å². The van der Waals surface area contributed by atoms with E-state index in [1.165, 1.54) is 6.21 Å². The first-order valence-corrected chi connectivity index (χ1v) is 13.0. The number of hydrogen-bond donors (Lipinski definition) is 3. The molecule has 0 saturated carbocycles. The first-order valence-electron chi connectivity index (χ1n) is 12.2. The fourth-order valence-electron chi connectivity index (χ4n) is 3.61. The van der Waals surface area contributed by atoms with Gasteiger partial charge in [-0.15, -0.1) is 0 Å². The van der Waals surface area contributed by atoms with Gasteiger partial charge in [-0.25, -0.2) is 10.4 Å². The zero-order valence-corrected chi connectivity index (χ0v) is 23.3. The van der Waals surface area contributed by atoms with E-state index in [0.29, 0.717) is 39.4 Å². The Hall–Kier alpha value is -4.95. The van der Waals surface area contributed by atoms with E-state index < -0.39 is 5.56 Å². The summed E-state index contributed by atoms with van der Waals surface area (Å²) in [6.45, 7) is 3.97. The smallest absolute Gasteiger partial charge is 0.270 e. The van der Waals surface area contributed by atoms with Gasteiger partial charge in [-0.3, -0.25) is 14.6 Å².